The van der Waals surface area contributed by atoms with E-state index in [1.807, 2.05) is 13.0 Å². The van der Waals surface area contributed by atoms with Crippen molar-refractivity contribution in [1.82, 2.24) is 25.6 Å². The van der Waals surface area contributed by atoms with Crippen molar-refractivity contribution in [2.24, 2.45) is 0 Å². The lowest BCUT2D eigenvalue weighted by Crippen LogP contribution is -2.59. The van der Waals surface area contributed by atoms with Crippen LogP contribution in [0.4, 0.5) is 5.13 Å². The Morgan fingerprint density at radius 1 is 1.26 bits per heavy atom. The summed E-state index contributed by atoms with van der Waals surface area (Å²) < 4.78 is 0.680. The minimum atomic E-state index is -0.952. The van der Waals surface area contributed by atoms with Crippen molar-refractivity contribution < 1.29 is 14.7 Å². The molecule has 1 saturated heterocycles. The number of thiazole rings is 1. The number of hydrogen-bond acceptors (Lipinski definition) is 7. The number of nitrogens with one attached hydrogen (secondary N) is 3. The maximum Gasteiger partial charge on any atom is 0.337 e. The predicted octanol–water partition coefficient (Wildman–Crippen LogP) is 4.09. The normalized spacial score (nSPS) is 18.2. The average molecular weight is 519 g/mol. The lowest BCUT2D eigenvalue weighted by molar-refractivity contribution is 0.0699. The zero-order chi connectivity index (χ0) is 24.9. The third-order valence-corrected chi connectivity index (χ3v) is 7.80. The number of carboxylic acid groups (broad SMARTS) is 1. The van der Waals surface area contributed by atoms with E-state index in [0.717, 1.165) is 36.6 Å². The van der Waals surface area contributed by atoms with Crippen molar-refractivity contribution in [3.8, 4) is 0 Å². The third kappa shape index (κ3) is 5.76. The molecule has 3 aromatic rings. The zero-order valence-corrected chi connectivity index (χ0v) is 21.5. The average Bonchev–Trinajstić information content (AvgIpc) is 3.45. The third-order valence-electron chi connectivity index (χ3n) is 6.32. The van der Waals surface area contributed by atoms with Gasteiger partial charge in [-0.25, -0.2) is 14.8 Å². The van der Waals surface area contributed by atoms with E-state index < -0.39 is 5.97 Å². The minimum Gasteiger partial charge on any atom is -0.478 e. The van der Waals surface area contributed by atoms with Crippen LogP contribution in [-0.4, -0.2) is 63.7 Å². The molecule has 0 spiro atoms. The number of anilines is 1. The summed E-state index contributed by atoms with van der Waals surface area (Å²) in [4.78, 5) is 38.6. The van der Waals surface area contributed by atoms with Gasteiger partial charge in [0.15, 0.2) is 16.1 Å². The lowest BCUT2D eigenvalue weighted by Gasteiger charge is -2.39. The summed E-state index contributed by atoms with van der Waals surface area (Å²) in [7, 11) is 0. The molecule has 1 aliphatic rings. The van der Waals surface area contributed by atoms with Crippen LogP contribution in [0.5, 0.6) is 0 Å². The second-order valence-electron chi connectivity index (χ2n) is 8.75. The Kier molecular flexibility index (Phi) is 8.25. The van der Waals surface area contributed by atoms with Crippen LogP contribution in [0, 0.1) is 0 Å². The van der Waals surface area contributed by atoms with E-state index in [1.54, 1.807) is 12.1 Å². The fraction of sp³-hybridized carbons (Fsp3) is 0.500. The van der Waals surface area contributed by atoms with Crippen molar-refractivity contribution in [3.63, 3.8) is 0 Å². The molecule has 35 heavy (non-hydrogen) atoms. The number of carboxylic acids is 1. The van der Waals surface area contributed by atoms with Gasteiger partial charge in [0.1, 0.15) is 0 Å². The molecule has 9 nitrogen and oxygen atoms in total. The van der Waals surface area contributed by atoms with E-state index in [9.17, 15) is 14.7 Å². The summed E-state index contributed by atoms with van der Waals surface area (Å²) in [5.74, 6) is -0.991. The number of halogens is 1. The quantitative estimate of drug-likeness (QED) is 0.298. The molecule has 1 aliphatic heterocycles. The number of imidazole rings is 1. The van der Waals surface area contributed by atoms with Gasteiger partial charge in [-0.2, -0.15) is 0 Å². The summed E-state index contributed by atoms with van der Waals surface area (Å²) >= 11 is 7.53. The molecule has 2 atom stereocenters. The molecule has 1 aromatic carbocycles. The number of aromatic carboxylic acids is 1. The molecule has 0 saturated carbocycles. The van der Waals surface area contributed by atoms with Crippen molar-refractivity contribution in [2.75, 3.05) is 24.5 Å². The smallest absolute Gasteiger partial charge is 0.337 e. The number of fused-ring (bicyclic) bond motifs is 1. The highest BCUT2D eigenvalue weighted by Crippen LogP contribution is 2.33. The first-order valence-electron chi connectivity index (χ1n) is 12.1. The van der Waals surface area contributed by atoms with Gasteiger partial charge in [-0.05, 0) is 37.9 Å². The fourth-order valence-electron chi connectivity index (χ4n) is 4.38. The number of carbonyl (C=O) groups excluding carboxylic acids is 1. The predicted molar refractivity (Wildman–Crippen MR) is 139 cm³/mol. The Balaban J connectivity index is 1.50. The molecule has 0 bridgehead atoms. The van der Waals surface area contributed by atoms with Crippen LogP contribution in [0.3, 0.4) is 0 Å². The number of unbranched alkanes of at least 4 members (excludes halogenated alkanes) is 2. The molecule has 0 unspecified atom stereocenters. The van der Waals surface area contributed by atoms with E-state index in [0.29, 0.717) is 41.3 Å². The lowest BCUT2D eigenvalue weighted by atomic mass is 9.99. The van der Waals surface area contributed by atoms with Gasteiger partial charge in [-0.3, -0.25) is 4.79 Å². The highest BCUT2D eigenvalue weighted by atomic mass is 35.5. The number of aromatic amines is 1. The number of aromatic nitrogens is 3. The monoisotopic (exact) mass is 518 g/mol. The summed E-state index contributed by atoms with van der Waals surface area (Å²) in [5.41, 5.74) is 1.71. The first-order valence-corrected chi connectivity index (χ1v) is 13.3. The number of carbonyl (C=O) groups is 2. The van der Waals surface area contributed by atoms with Gasteiger partial charge in [-0.1, -0.05) is 55.7 Å². The van der Waals surface area contributed by atoms with Gasteiger partial charge < -0.3 is 25.6 Å². The zero-order valence-electron chi connectivity index (χ0n) is 19.9. The van der Waals surface area contributed by atoms with E-state index in [-0.39, 0.29) is 29.4 Å². The number of aryl methyl sites for hydroxylation is 1. The van der Waals surface area contributed by atoms with Crippen molar-refractivity contribution in [1.29, 1.82) is 0 Å². The van der Waals surface area contributed by atoms with Gasteiger partial charge in [0, 0.05) is 25.2 Å². The van der Waals surface area contributed by atoms with Gasteiger partial charge >= 0.3 is 5.97 Å². The van der Waals surface area contributed by atoms with Crippen molar-refractivity contribution in [3.05, 3.63) is 40.4 Å². The molecule has 3 heterocycles. The summed E-state index contributed by atoms with van der Waals surface area (Å²) in [6, 6.07) is 5.09. The van der Waals surface area contributed by atoms with E-state index in [4.69, 9.17) is 16.6 Å². The first kappa shape index (κ1) is 25.4. The molecule has 4 rings (SSSR count). The van der Waals surface area contributed by atoms with Crippen LogP contribution in [0.15, 0.2) is 18.2 Å². The number of H-pyrrole nitrogens is 1. The fourth-order valence-corrected chi connectivity index (χ4v) is 5.75. The molecular weight excluding hydrogens is 488 g/mol. The molecular formula is C24H31ClN6O3S. The Morgan fingerprint density at radius 2 is 2.09 bits per heavy atom. The molecule has 1 amide bonds. The highest BCUT2D eigenvalue weighted by molar-refractivity contribution is 7.22. The first-order chi connectivity index (χ1) is 16.9. The largest absolute Gasteiger partial charge is 0.478 e. The maximum absolute atomic E-state index is 12.9. The van der Waals surface area contributed by atoms with Crippen LogP contribution >= 0.6 is 22.9 Å². The number of hydrogen-bond donors (Lipinski definition) is 4. The van der Waals surface area contributed by atoms with Crippen LogP contribution < -0.4 is 15.5 Å². The van der Waals surface area contributed by atoms with Crippen LogP contribution in [0.25, 0.3) is 10.2 Å². The van der Waals surface area contributed by atoms with E-state index >= 15 is 0 Å². The molecule has 0 radical (unpaired) electrons. The SMILES string of the molecule is CCCCCN[C@@H]1CN(c2nc3cccc(C(=O)O)c3s2)CC[C@@H]1NC(=O)c1nc(Cl)c(CC)[nH]1. The summed E-state index contributed by atoms with van der Waals surface area (Å²) in [6.45, 7) is 6.32. The minimum absolute atomic E-state index is 0.00610. The Hall–Kier alpha value is -2.69. The van der Waals surface area contributed by atoms with Gasteiger partial charge in [0.2, 0.25) is 0 Å². The van der Waals surface area contributed by atoms with Gasteiger partial charge in [0.05, 0.1) is 21.5 Å². The molecule has 188 valence electrons. The van der Waals surface area contributed by atoms with Crippen LogP contribution in [0.1, 0.15) is 66.2 Å². The topological polar surface area (TPSA) is 123 Å². The van der Waals surface area contributed by atoms with Crippen molar-refractivity contribution in [2.45, 2.75) is 58.0 Å². The van der Waals surface area contributed by atoms with Crippen LogP contribution in [-0.2, 0) is 6.42 Å². The van der Waals surface area contributed by atoms with E-state index in [2.05, 4.69) is 32.4 Å². The number of piperidine rings is 1. The number of rotatable bonds is 10. The highest BCUT2D eigenvalue weighted by Gasteiger charge is 2.32. The van der Waals surface area contributed by atoms with Crippen molar-refractivity contribution >= 4 is 50.2 Å². The molecule has 1 fully saturated rings. The Bertz CT molecular complexity index is 1200. The molecule has 0 aliphatic carbocycles. The van der Waals surface area contributed by atoms with E-state index in [1.165, 1.54) is 11.3 Å². The van der Waals surface area contributed by atoms with Gasteiger partial charge in [0.25, 0.3) is 5.91 Å². The molecule has 4 N–H and O–H groups in total. The second-order valence-corrected chi connectivity index (χ2v) is 10.1. The van der Waals surface area contributed by atoms with Gasteiger partial charge in [-0.15, -0.1) is 0 Å². The Labute approximate surface area is 213 Å². The number of benzene rings is 1. The second kappa shape index (κ2) is 11.4. The number of amides is 1. The molecule has 2 aromatic heterocycles. The summed E-state index contributed by atoms with van der Waals surface area (Å²) in [5, 5.41) is 17.4. The standard InChI is InChI=1S/C24H31ClN6O3S/c1-3-5-6-11-26-18-13-31(24-29-17-9-7-8-14(23(33)34)19(17)35-24)12-10-16(18)28-22(32)21-27-15(4-2)20(25)30-21/h7-9,16,18,26H,3-6,10-13H2,1-2H3,(H,27,30)(H,28,32)(H,33,34)/t16-,18+/m0/s1. The summed E-state index contributed by atoms with van der Waals surface area (Å²) in [6.07, 6.45) is 4.72. The number of nitrogens with zero attached hydrogens (tertiary/aromatic N) is 3. The molecule has 11 heteroatoms. The van der Waals surface area contributed by atoms with Crippen LogP contribution in [0.2, 0.25) is 5.15 Å². The maximum atomic E-state index is 12.9. The Morgan fingerprint density at radius 3 is 2.80 bits per heavy atom.